The van der Waals surface area contributed by atoms with E-state index in [4.69, 9.17) is 9.47 Å². The van der Waals surface area contributed by atoms with Gasteiger partial charge in [0, 0.05) is 0 Å². The van der Waals surface area contributed by atoms with Gasteiger partial charge in [-0.15, -0.1) is 0 Å². The molecule has 0 fully saturated rings. The molecule has 0 bridgehead atoms. The second-order valence-corrected chi connectivity index (χ2v) is 8.69. The molecule has 0 spiro atoms. The molecule has 5 rings (SSSR count). The van der Waals surface area contributed by atoms with E-state index >= 15 is 0 Å². The maximum absolute atomic E-state index is 12.8. The van der Waals surface area contributed by atoms with Gasteiger partial charge in [0.05, 0.1) is 23.3 Å². The van der Waals surface area contributed by atoms with Crippen LogP contribution in [-0.4, -0.2) is 24.1 Å². The third-order valence-corrected chi connectivity index (χ3v) is 5.79. The highest BCUT2D eigenvalue weighted by Crippen LogP contribution is 2.42. The molecule has 5 aromatic rings. The van der Waals surface area contributed by atoms with Crippen molar-refractivity contribution in [3.05, 3.63) is 71.8 Å². The van der Waals surface area contributed by atoms with Crippen molar-refractivity contribution >= 4 is 55.0 Å². The van der Waals surface area contributed by atoms with E-state index in [1.165, 1.54) is 0 Å². The fourth-order valence-electron chi connectivity index (χ4n) is 4.62. The van der Waals surface area contributed by atoms with E-state index in [9.17, 15) is 9.59 Å². The maximum atomic E-state index is 12.8. The van der Waals surface area contributed by atoms with Crippen LogP contribution in [0.5, 0.6) is 0 Å². The van der Waals surface area contributed by atoms with Crippen LogP contribution in [0, 0.1) is 0 Å². The molecule has 0 aliphatic heterocycles. The Morgan fingerprint density at radius 3 is 1.25 bits per heavy atom. The molecule has 5 aromatic carbocycles. The average molecular weight is 424 g/mol. The minimum absolute atomic E-state index is 0.188. The highest BCUT2D eigenvalue weighted by Gasteiger charge is 2.21. The molecule has 0 heterocycles. The number of hydrogen-bond donors (Lipinski definition) is 0. The van der Waals surface area contributed by atoms with Crippen LogP contribution in [0.25, 0.3) is 43.1 Å². The van der Waals surface area contributed by atoms with E-state index in [1.807, 2.05) is 76.2 Å². The summed E-state index contributed by atoms with van der Waals surface area (Å²) in [7, 11) is 0. The average Bonchev–Trinajstić information content (AvgIpc) is 2.75. The number of rotatable bonds is 4. The van der Waals surface area contributed by atoms with Crippen LogP contribution in [-0.2, 0) is 9.47 Å². The molecule has 0 radical (unpaired) electrons. The normalized spacial score (nSPS) is 11.9. The van der Waals surface area contributed by atoms with Crippen LogP contribution in [0.2, 0.25) is 0 Å². The van der Waals surface area contributed by atoms with Gasteiger partial charge in [-0.25, -0.2) is 9.59 Å². The number of benzene rings is 5. The molecule has 0 amide bonds. The standard InChI is InChI=1S/C28H24O4/c1-15(2)31-27(29)23-13-11-21-18-8-6-10-20-24(28(30)32-16(3)4)14-12-22(26(18)20)17-7-5-9-19(23)25(17)21/h5-16H,1-4H3. The van der Waals surface area contributed by atoms with Crippen LogP contribution in [0.15, 0.2) is 60.7 Å². The van der Waals surface area contributed by atoms with E-state index in [2.05, 4.69) is 12.1 Å². The minimum atomic E-state index is -0.320. The van der Waals surface area contributed by atoms with Crippen molar-refractivity contribution in [3.8, 4) is 0 Å². The Balaban J connectivity index is 1.87. The number of ether oxygens (including phenoxy) is 2. The van der Waals surface area contributed by atoms with Gasteiger partial charge in [0.15, 0.2) is 0 Å². The van der Waals surface area contributed by atoms with E-state index in [0.717, 1.165) is 43.1 Å². The molecule has 0 saturated carbocycles. The monoisotopic (exact) mass is 424 g/mol. The van der Waals surface area contributed by atoms with Gasteiger partial charge in [0.25, 0.3) is 0 Å². The van der Waals surface area contributed by atoms with Crippen LogP contribution in [0.4, 0.5) is 0 Å². The lowest BCUT2D eigenvalue weighted by atomic mass is 9.87. The molecule has 4 heteroatoms. The maximum Gasteiger partial charge on any atom is 0.339 e. The fourth-order valence-corrected chi connectivity index (χ4v) is 4.62. The predicted molar refractivity (Wildman–Crippen MR) is 129 cm³/mol. The first-order valence-corrected chi connectivity index (χ1v) is 10.9. The van der Waals surface area contributed by atoms with Gasteiger partial charge in [0.1, 0.15) is 0 Å². The molecule has 4 nitrogen and oxygen atoms in total. The fraction of sp³-hybridized carbons (Fsp3) is 0.214. The Kier molecular flexibility index (Phi) is 4.74. The molecule has 0 aliphatic carbocycles. The number of esters is 2. The Bertz CT molecular complexity index is 1380. The molecule has 32 heavy (non-hydrogen) atoms. The Labute approximate surface area is 186 Å². The van der Waals surface area contributed by atoms with Crippen LogP contribution in [0.1, 0.15) is 48.4 Å². The molecular weight excluding hydrogens is 400 g/mol. The van der Waals surface area contributed by atoms with Gasteiger partial charge in [-0.1, -0.05) is 48.5 Å². The minimum Gasteiger partial charge on any atom is -0.459 e. The first-order chi connectivity index (χ1) is 15.4. The van der Waals surface area contributed by atoms with E-state index in [-0.39, 0.29) is 24.1 Å². The quantitative estimate of drug-likeness (QED) is 0.179. The third kappa shape index (κ3) is 3.06. The first-order valence-electron chi connectivity index (χ1n) is 10.9. The summed E-state index contributed by atoms with van der Waals surface area (Å²) >= 11 is 0. The highest BCUT2D eigenvalue weighted by molar-refractivity contribution is 6.35. The summed E-state index contributed by atoms with van der Waals surface area (Å²) in [6.07, 6.45) is -0.376. The second kappa shape index (κ2) is 7.49. The summed E-state index contributed by atoms with van der Waals surface area (Å²) in [5.74, 6) is -0.640. The molecule has 0 unspecified atom stereocenters. The summed E-state index contributed by atoms with van der Waals surface area (Å²) in [4.78, 5) is 25.5. The summed E-state index contributed by atoms with van der Waals surface area (Å²) < 4.78 is 11.0. The zero-order valence-electron chi connectivity index (χ0n) is 18.6. The summed E-state index contributed by atoms with van der Waals surface area (Å²) in [6.45, 7) is 7.40. The SMILES string of the molecule is CC(C)OC(=O)c1ccc2c3cccc4c(C(=O)OC(C)C)ccc(c5cccc1c52)c43. The molecule has 0 aromatic heterocycles. The van der Waals surface area contributed by atoms with Crippen molar-refractivity contribution in [2.45, 2.75) is 39.9 Å². The topological polar surface area (TPSA) is 52.6 Å². The van der Waals surface area contributed by atoms with Crippen molar-refractivity contribution in [1.29, 1.82) is 0 Å². The lowest BCUT2D eigenvalue weighted by Crippen LogP contribution is -2.12. The van der Waals surface area contributed by atoms with Crippen LogP contribution >= 0.6 is 0 Å². The van der Waals surface area contributed by atoms with Gasteiger partial charge >= 0.3 is 11.9 Å². The first kappa shape index (κ1) is 20.3. The van der Waals surface area contributed by atoms with E-state index in [0.29, 0.717) is 11.1 Å². The molecule has 0 N–H and O–H groups in total. The predicted octanol–water partition coefficient (Wildman–Crippen LogP) is 6.87. The smallest absolute Gasteiger partial charge is 0.339 e. The Hall–Kier alpha value is -3.66. The van der Waals surface area contributed by atoms with Crippen molar-refractivity contribution in [3.63, 3.8) is 0 Å². The highest BCUT2D eigenvalue weighted by atomic mass is 16.5. The zero-order valence-corrected chi connectivity index (χ0v) is 18.6. The second-order valence-electron chi connectivity index (χ2n) is 8.69. The lowest BCUT2D eigenvalue weighted by molar-refractivity contribution is 0.0369. The number of hydrogen-bond acceptors (Lipinski definition) is 4. The summed E-state index contributed by atoms with van der Waals surface area (Å²) in [6, 6.07) is 19.7. The zero-order chi connectivity index (χ0) is 22.6. The molecule has 0 atom stereocenters. The van der Waals surface area contributed by atoms with Crippen molar-refractivity contribution in [1.82, 2.24) is 0 Å². The van der Waals surface area contributed by atoms with Gasteiger partial charge in [-0.05, 0) is 82.9 Å². The Morgan fingerprint density at radius 1 is 0.531 bits per heavy atom. The summed E-state index contributed by atoms with van der Waals surface area (Å²) in [5.41, 5.74) is 1.12. The summed E-state index contributed by atoms with van der Waals surface area (Å²) in [5, 5.41) is 7.99. The number of carbonyl (C=O) groups is 2. The lowest BCUT2D eigenvalue weighted by Gasteiger charge is -2.18. The van der Waals surface area contributed by atoms with E-state index < -0.39 is 0 Å². The number of fused-ring (bicyclic) bond motifs is 2. The van der Waals surface area contributed by atoms with Crippen LogP contribution < -0.4 is 0 Å². The third-order valence-electron chi connectivity index (χ3n) is 5.79. The molecule has 0 aliphatic rings. The molecular formula is C28H24O4. The largest absolute Gasteiger partial charge is 0.459 e. The molecule has 160 valence electrons. The van der Waals surface area contributed by atoms with Crippen molar-refractivity contribution < 1.29 is 19.1 Å². The Morgan fingerprint density at radius 2 is 0.875 bits per heavy atom. The van der Waals surface area contributed by atoms with Gasteiger partial charge in [-0.2, -0.15) is 0 Å². The van der Waals surface area contributed by atoms with Crippen LogP contribution in [0.3, 0.4) is 0 Å². The van der Waals surface area contributed by atoms with Gasteiger partial charge < -0.3 is 9.47 Å². The van der Waals surface area contributed by atoms with Gasteiger partial charge in [0.2, 0.25) is 0 Å². The van der Waals surface area contributed by atoms with Crippen molar-refractivity contribution in [2.24, 2.45) is 0 Å². The number of carbonyl (C=O) groups excluding carboxylic acids is 2. The van der Waals surface area contributed by atoms with Crippen molar-refractivity contribution in [2.75, 3.05) is 0 Å². The van der Waals surface area contributed by atoms with E-state index in [1.54, 1.807) is 0 Å². The molecule has 0 saturated heterocycles. The van der Waals surface area contributed by atoms with Gasteiger partial charge in [-0.3, -0.25) is 0 Å².